The van der Waals surface area contributed by atoms with Crippen molar-refractivity contribution in [1.82, 2.24) is 14.8 Å². The quantitative estimate of drug-likeness (QED) is 0.549. The fourth-order valence-electron chi connectivity index (χ4n) is 4.45. The Balaban J connectivity index is 0.000000271. The van der Waals surface area contributed by atoms with Crippen molar-refractivity contribution >= 4 is 23.3 Å². The summed E-state index contributed by atoms with van der Waals surface area (Å²) in [5.74, 6) is -4.80. The molecule has 0 aliphatic carbocycles. The zero-order valence-corrected chi connectivity index (χ0v) is 20.3. The zero-order valence-electron chi connectivity index (χ0n) is 19.5. The van der Waals surface area contributed by atoms with E-state index in [4.69, 9.17) is 24.5 Å². The number of rotatable bonds is 3. The van der Waals surface area contributed by atoms with Crippen LogP contribution in [0.4, 0.5) is 26.3 Å². The Morgan fingerprint density at radius 1 is 1.06 bits per heavy atom. The molecular formula is C21H29F6N3O5S. The number of carbonyl (C=O) groups is 2. The van der Waals surface area contributed by atoms with Crippen LogP contribution in [0, 0.1) is 12.8 Å². The summed E-state index contributed by atoms with van der Waals surface area (Å²) in [7, 11) is 0. The van der Waals surface area contributed by atoms with Crippen molar-refractivity contribution < 1.29 is 50.9 Å². The number of likely N-dealkylation sites (tertiary alicyclic amines) is 2. The van der Waals surface area contributed by atoms with E-state index in [9.17, 15) is 26.3 Å². The van der Waals surface area contributed by atoms with E-state index in [1.165, 1.54) is 50.3 Å². The molecule has 0 bridgehead atoms. The lowest BCUT2D eigenvalue weighted by atomic mass is 9.85. The second-order valence-corrected chi connectivity index (χ2v) is 9.67. The van der Waals surface area contributed by atoms with Crippen LogP contribution in [0.1, 0.15) is 36.4 Å². The summed E-state index contributed by atoms with van der Waals surface area (Å²) in [5.41, 5.74) is 1.16. The van der Waals surface area contributed by atoms with Crippen LogP contribution >= 0.6 is 11.3 Å². The van der Waals surface area contributed by atoms with Crippen LogP contribution < -0.4 is 0 Å². The molecule has 0 saturated carbocycles. The van der Waals surface area contributed by atoms with Gasteiger partial charge >= 0.3 is 24.3 Å². The van der Waals surface area contributed by atoms with Gasteiger partial charge in [-0.2, -0.15) is 26.3 Å². The lowest BCUT2D eigenvalue weighted by Gasteiger charge is -2.48. The van der Waals surface area contributed by atoms with E-state index in [-0.39, 0.29) is 0 Å². The number of halogens is 6. The first-order valence-corrected chi connectivity index (χ1v) is 12.2. The van der Waals surface area contributed by atoms with E-state index in [0.717, 1.165) is 25.4 Å². The Labute approximate surface area is 207 Å². The van der Waals surface area contributed by atoms with Crippen LogP contribution in [0.3, 0.4) is 0 Å². The molecule has 0 unspecified atom stereocenters. The summed E-state index contributed by atoms with van der Waals surface area (Å²) in [5, 5.41) is 17.7. The fourth-order valence-corrected chi connectivity index (χ4v) is 5.27. The summed E-state index contributed by atoms with van der Waals surface area (Å²) in [6, 6.07) is 0.600. The maximum Gasteiger partial charge on any atom is 0.490 e. The highest BCUT2D eigenvalue weighted by atomic mass is 32.1. The van der Waals surface area contributed by atoms with Gasteiger partial charge in [-0.25, -0.2) is 14.6 Å². The zero-order chi connectivity index (χ0) is 27.1. The monoisotopic (exact) mass is 549 g/mol. The highest BCUT2D eigenvalue weighted by molar-refractivity contribution is 7.09. The van der Waals surface area contributed by atoms with Crippen molar-refractivity contribution in [3.8, 4) is 0 Å². The predicted octanol–water partition coefficient (Wildman–Crippen LogP) is 3.79. The molecule has 206 valence electrons. The second kappa shape index (κ2) is 13.0. The third kappa shape index (κ3) is 9.48. The Morgan fingerprint density at radius 2 is 1.61 bits per heavy atom. The molecule has 0 radical (unpaired) electrons. The van der Waals surface area contributed by atoms with Gasteiger partial charge in [0, 0.05) is 36.8 Å². The first kappa shape index (κ1) is 30.3. The number of piperidine rings is 1. The van der Waals surface area contributed by atoms with Crippen molar-refractivity contribution in [3.05, 3.63) is 16.1 Å². The molecule has 3 atom stereocenters. The Hall–Kier alpha value is -1.97. The Kier molecular flexibility index (Phi) is 10.9. The van der Waals surface area contributed by atoms with Crippen LogP contribution in [0.15, 0.2) is 5.38 Å². The minimum absolute atomic E-state index is 0.473. The van der Waals surface area contributed by atoms with Gasteiger partial charge < -0.3 is 14.9 Å². The van der Waals surface area contributed by atoms with Crippen LogP contribution in [0.5, 0.6) is 0 Å². The molecule has 8 nitrogen and oxygen atoms in total. The number of aryl methyl sites for hydroxylation is 1. The number of carboxylic acids is 2. The summed E-state index contributed by atoms with van der Waals surface area (Å²) < 4.78 is 69.7. The van der Waals surface area contributed by atoms with Gasteiger partial charge in [-0.15, -0.1) is 11.3 Å². The number of aromatic nitrogens is 1. The lowest BCUT2D eigenvalue weighted by molar-refractivity contribution is -0.193. The number of hydrogen-bond donors (Lipinski definition) is 2. The van der Waals surface area contributed by atoms with E-state index in [1.54, 1.807) is 0 Å². The number of alkyl halides is 6. The molecule has 4 heterocycles. The first-order chi connectivity index (χ1) is 16.7. The van der Waals surface area contributed by atoms with Gasteiger partial charge in [-0.3, -0.25) is 9.80 Å². The van der Waals surface area contributed by atoms with E-state index in [1.807, 2.05) is 11.3 Å². The number of nitrogens with zero attached hydrogens (tertiary/aromatic N) is 3. The van der Waals surface area contributed by atoms with Crippen LogP contribution in [-0.4, -0.2) is 94.2 Å². The van der Waals surface area contributed by atoms with Crippen molar-refractivity contribution in [3.63, 3.8) is 0 Å². The number of fused-ring (bicyclic) bond motifs is 1. The van der Waals surface area contributed by atoms with Gasteiger partial charge in [0.15, 0.2) is 0 Å². The SMILES string of the molecule is Cc1csc(CN2C[C@@H]3CCCO[C@@H]3[C@H](N3CCCC3)C2)n1.O=C(O)C(F)(F)F.O=C(O)C(F)(F)F. The summed E-state index contributed by atoms with van der Waals surface area (Å²) in [4.78, 5) is 27.8. The van der Waals surface area contributed by atoms with Gasteiger partial charge in [0.05, 0.1) is 12.6 Å². The predicted molar refractivity (Wildman–Crippen MR) is 117 cm³/mol. The molecule has 1 aromatic heterocycles. The summed E-state index contributed by atoms with van der Waals surface area (Å²) >= 11 is 1.81. The van der Waals surface area contributed by atoms with Gasteiger partial charge in [-0.05, 0) is 51.6 Å². The lowest BCUT2D eigenvalue weighted by Crippen LogP contribution is -2.60. The smallest absolute Gasteiger partial charge is 0.475 e. The normalized spacial score (nSPS) is 25.1. The van der Waals surface area contributed by atoms with Crippen molar-refractivity contribution in [1.29, 1.82) is 0 Å². The van der Waals surface area contributed by atoms with Crippen molar-refractivity contribution in [2.24, 2.45) is 5.92 Å². The third-order valence-corrected chi connectivity index (χ3v) is 6.88. The standard InChI is InChI=1S/C17H27N3OS.2C2HF3O2/c1-13-12-22-16(18-13)11-19-9-14-5-4-8-21-17(14)15(10-19)20-6-2-3-7-20;2*3-2(4,5)1(6)7/h12,14-15,17H,2-11H2,1H3;2*(H,6,7)/t14-,15+,17-;;/m0../s1. The van der Waals surface area contributed by atoms with Crippen molar-refractivity contribution in [2.45, 2.75) is 63.7 Å². The van der Waals surface area contributed by atoms with E-state index < -0.39 is 24.3 Å². The molecule has 15 heteroatoms. The maximum absolute atomic E-state index is 10.6. The third-order valence-electron chi connectivity index (χ3n) is 5.93. The highest BCUT2D eigenvalue weighted by Gasteiger charge is 2.42. The largest absolute Gasteiger partial charge is 0.490 e. The van der Waals surface area contributed by atoms with Crippen LogP contribution in [0.25, 0.3) is 0 Å². The Morgan fingerprint density at radius 3 is 2.08 bits per heavy atom. The maximum atomic E-state index is 10.6. The van der Waals surface area contributed by atoms with Gasteiger partial charge in [-0.1, -0.05) is 0 Å². The minimum atomic E-state index is -5.08. The average molecular weight is 550 g/mol. The molecular weight excluding hydrogens is 520 g/mol. The number of carboxylic acid groups (broad SMARTS) is 2. The first-order valence-electron chi connectivity index (χ1n) is 11.3. The molecule has 0 aromatic carbocycles. The molecule has 3 aliphatic heterocycles. The van der Waals surface area contributed by atoms with Crippen LogP contribution in [0.2, 0.25) is 0 Å². The summed E-state index contributed by atoms with van der Waals surface area (Å²) in [6.07, 6.45) is -4.40. The number of thiazole rings is 1. The van der Waals surface area contributed by atoms with Gasteiger partial charge in [0.2, 0.25) is 0 Å². The molecule has 2 N–H and O–H groups in total. The molecule has 1 aromatic rings. The van der Waals surface area contributed by atoms with E-state index in [0.29, 0.717) is 18.1 Å². The highest BCUT2D eigenvalue weighted by Crippen LogP contribution is 2.33. The van der Waals surface area contributed by atoms with Gasteiger partial charge in [0.25, 0.3) is 0 Å². The topological polar surface area (TPSA) is 103 Å². The van der Waals surface area contributed by atoms with Crippen molar-refractivity contribution in [2.75, 3.05) is 32.8 Å². The number of ether oxygens (including phenoxy) is 1. The Bertz CT molecular complexity index is 836. The van der Waals surface area contributed by atoms with E-state index in [2.05, 4.69) is 27.1 Å². The molecule has 3 saturated heterocycles. The number of aliphatic carboxylic acids is 2. The van der Waals surface area contributed by atoms with Crippen LogP contribution in [-0.2, 0) is 20.9 Å². The summed E-state index contributed by atoms with van der Waals surface area (Å²) in [6.45, 7) is 8.95. The molecule has 3 aliphatic rings. The van der Waals surface area contributed by atoms with E-state index >= 15 is 0 Å². The molecule has 3 fully saturated rings. The number of hydrogen-bond acceptors (Lipinski definition) is 7. The minimum Gasteiger partial charge on any atom is -0.475 e. The molecule has 4 rings (SSSR count). The molecule has 0 spiro atoms. The molecule has 0 amide bonds. The average Bonchev–Trinajstić information content (AvgIpc) is 3.45. The fraction of sp³-hybridized carbons (Fsp3) is 0.762. The second-order valence-electron chi connectivity index (χ2n) is 8.73. The molecule has 36 heavy (non-hydrogen) atoms. The van der Waals surface area contributed by atoms with Gasteiger partial charge in [0.1, 0.15) is 5.01 Å².